The molecule has 0 heterocycles. The van der Waals surface area contributed by atoms with Crippen molar-refractivity contribution in [2.45, 2.75) is 33.4 Å². The number of sulfonamides is 1. The minimum Gasteiger partial charge on any atom is -0.354 e. The molecule has 0 aliphatic heterocycles. The molecule has 2 aromatic carbocycles. The highest BCUT2D eigenvalue weighted by Gasteiger charge is 2.31. The zero-order valence-corrected chi connectivity index (χ0v) is 21.7. The van der Waals surface area contributed by atoms with Crippen LogP contribution in [0.25, 0.3) is 0 Å². The number of nitrogens with one attached hydrogen (secondary N) is 1. The largest absolute Gasteiger partial charge is 0.354 e. The lowest BCUT2D eigenvalue weighted by atomic mass is 10.1. The first kappa shape index (κ1) is 27.9. The van der Waals surface area contributed by atoms with Crippen LogP contribution >= 0.6 is 23.2 Å². The highest BCUT2D eigenvalue weighted by atomic mass is 35.5. The maximum atomic E-state index is 13.4. The van der Waals surface area contributed by atoms with E-state index in [1.165, 1.54) is 47.4 Å². The molecule has 2 aromatic rings. The smallest absolute Gasteiger partial charge is 0.244 e. The summed E-state index contributed by atoms with van der Waals surface area (Å²) >= 11 is 12.3. The number of amides is 2. The van der Waals surface area contributed by atoms with Crippen LogP contribution in [0.2, 0.25) is 10.0 Å². The summed E-state index contributed by atoms with van der Waals surface area (Å²) in [7, 11) is -3.94. The molecule has 0 aliphatic carbocycles. The Balaban J connectivity index is 2.40. The number of rotatable bonds is 10. The van der Waals surface area contributed by atoms with Crippen LogP contribution in [0, 0.1) is 11.7 Å². The van der Waals surface area contributed by atoms with E-state index < -0.39 is 40.2 Å². The standard InChI is InChI=1S/C23H28Cl2FN3O4S/c1-15(2)12-27-23(31)16(3)28(13-17-8-10-18(26)11-9-17)21(30)14-29(34(4,32)33)20-7-5-6-19(24)22(20)25/h5-11,15-16H,12-14H2,1-4H3,(H,27,31)/t16-/m0/s1. The van der Waals surface area contributed by atoms with Gasteiger partial charge >= 0.3 is 0 Å². The third kappa shape index (κ3) is 7.58. The van der Waals surface area contributed by atoms with E-state index in [9.17, 15) is 22.4 Å². The van der Waals surface area contributed by atoms with Crippen LogP contribution in [0.5, 0.6) is 0 Å². The lowest BCUT2D eigenvalue weighted by Crippen LogP contribution is -2.51. The molecule has 0 spiro atoms. The highest BCUT2D eigenvalue weighted by Crippen LogP contribution is 2.33. The van der Waals surface area contributed by atoms with Crippen molar-refractivity contribution in [2.75, 3.05) is 23.7 Å². The zero-order valence-electron chi connectivity index (χ0n) is 19.4. The fraction of sp³-hybridized carbons (Fsp3) is 0.391. The number of hydrogen-bond acceptors (Lipinski definition) is 4. The van der Waals surface area contributed by atoms with Gasteiger partial charge in [-0.3, -0.25) is 13.9 Å². The summed E-state index contributed by atoms with van der Waals surface area (Å²) in [6.45, 7) is 5.19. The van der Waals surface area contributed by atoms with Gasteiger partial charge in [-0.2, -0.15) is 0 Å². The Labute approximate surface area is 209 Å². The van der Waals surface area contributed by atoms with Gasteiger partial charge in [-0.25, -0.2) is 12.8 Å². The zero-order chi connectivity index (χ0) is 25.6. The summed E-state index contributed by atoms with van der Waals surface area (Å²) in [5.74, 6) is -1.28. The normalized spacial score (nSPS) is 12.4. The average Bonchev–Trinajstić information content (AvgIpc) is 2.76. The molecular formula is C23H28Cl2FN3O4S. The predicted octanol–water partition coefficient (Wildman–Crippen LogP) is 4.09. The topological polar surface area (TPSA) is 86.8 Å². The third-order valence-electron chi connectivity index (χ3n) is 5.00. The number of carbonyl (C=O) groups excluding carboxylic acids is 2. The number of halogens is 3. The quantitative estimate of drug-likeness (QED) is 0.500. The van der Waals surface area contributed by atoms with E-state index in [2.05, 4.69) is 5.32 Å². The van der Waals surface area contributed by atoms with Crippen LogP contribution in [0.4, 0.5) is 10.1 Å². The Hall–Kier alpha value is -2.36. The van der Waals surface area contributed by atoms with Gasteiger partial charge in [-0.05, 0) is 42.7 Å². The number of nitrogens with zero attached hydrogens (tertiary/aromatic N) is 2. The van der Waals surface area contributed by atoms with Crippen LogP contribution in [-0.4, -0.2) is 50.5 Å². The van der Waals surface area contributed by atoms with Gasteiger partial charge in [0.1, 0.15) is 18.4 Å². The molecule has 11 heteroatoms. The van der Waals surface area contributed by atoms with Crippen molar-refractivity contribution in [3.63, 3.8) is 0 Å². The molecule has 0 aliphatic rings. The van der Waals surface area contributed by atoms with E-state index in [1.54, 1.807) is 6.92 Å². The van der Waals surface area contributed by atoms with Gasteiger partial charge in [0.15, 0.2) is 0 Å². The van der Waals surface area contributed by atoms with Crippen LogP contribution in [-0.2, 0) is 26.2 Å². The Morgan fingerprint density at radius 1 is 1.06 bits per heavy atom. The van der Waals surface area contributed by atoms with Crippen LogP contribution in [0.3, 0.4) is 0 Å². The first-order chi connectivity index (χ1) is 15.8. The van der Waals surface area contributed by atoms with E-state index in [-0.39, 0.29) is 28.2 Å². The van der Waals surface area contributed by atoms with E-state index >= 15 is 0 Å². The van der Waals surface area contributed by atoms with Gasteiger partial charge in [-0.15, -0.1) is 0 Å². The number of hydrogen-bond donors (Lipinski definition) is 1. The third-order valence-corrected chi connectivity index (χ3v) is 6.93. The molecule has 2 rings (SSSR count). The van der Waals surface area contributed by atoms with Gasteiger partial charge in [0.2, 0.25) is 21.8 Å². The number of anilines is 1. The summed E-state index contributed by atoms with van der Waals surface area (Å²) in [5.41, 5.74) is 0.619. The Morgan fingerprint density at radius 3 is 2.24 bits per heavy atom. The second kappa shape index (κ2) is 11.9. The van der Waals surface area contributed by atoms with E-state index in [0.29, 0.717) is 12.1 Å². The van der Waals surface area contributed by atoms with Crippen molar-refractivity contribution in [3.05, 3.63) is 63.9 Å². The molecule has 1 N–H and O–H groups in total. The average molecular weight is 532 g/mol. The van der Waals surface area contributed by atoms with E-state index in [4.69, 9.17) is 23.2 Å². The van der Waals surface area contributed by atoms with Gasteiger partial charge in [0.25, 0.3) is 0 Å². The van der Waals surface area contributed by atoms with Crippen LogP contribution in [0.15, 0.2) is 42.5 Å². The van der Waals surface area contributed by atoms with Crippen LogP contribution < -0.4 is 9.62 Å². The first-order valence-corrected chi connectivity index (χ1v) is 13.1. The predicted molar refractivity (Wildman–Crippen MR) is 133 cm³/mol. The van der Waals surface area contributed by atoms with Gasteiger partial charge in [0, 0.05) is 13.1 Å². The lowest BCUT2D eigenvalue weighted by molar-refractivity contribution is -0.139. The van der Waals surface area contributed by atoms with Crippen molar-refractivity contribution in [1.29, 1.82) is 0 Å². The number of carbonyl (C=O) groups is 2. The Bertz CT molecular complexity index is 1130. The second-order valence-electron chi connectivity index (χ2n) is 8.31. The summed E-state index contributed by atoms with van der Waals surface area (Å²) < 4.78 is 39.3. The first-order valence-electron chi connectivity index (χ1n) is 10.5. The highest BCUT2D eigenvalue weighted by molar-refractivity contribution is 7.92. The van der Waals surface area contributed by atoms with Crippen molar-refractivity contribution >= 4 is 50.7 Å². The Morgan fingerprint density at radius 2 is 1.68 bits per heavy atom. The monoisotopic (exact) mass is 531 g/mol. The number of benzene rings is 2. The molecule has 7 nitrogen and oxygen atoms in total. The molecule has 1 atom stereocenters. The van der Waals surface area contributed by atoms with E-state index in [1.807, 2.05) is 13.8 Å². The minimum absolute atomic E-state index is 0.0183. The summed E-state index contributed by atoms with van der Waals surface area (Å²) in [6, 6.07) is 9.01. The Kier molecular flexibility index (Phi) is 9.73. The van der Waals surface area contributed by atoms with Crippen molar-refractivity contribution in [3.8, 4) is 0 Å². The molecule has 0 aromatic heterocycles. The molecule has 34 heavy (non-hydrogen) atoms. The molecule has 0 unspecified atom stereocenters. The molecule has 0 saturated carbocycles. The second-order valence-corrected chi connectivity index (χ2v) is 11.0. The lowest BCUT2D eigenvalue weighted by Gasteiger charge is -2.32. The molecule has 0 radical (unpaired) electrons. The molecule has 0 saturated heterocycles. The molecule has 186 valence electrons. The van der Waals surface area contributed by atoms with Gasteiger partial charge < -0.3 is 10.2 Å². The van der Waals surface area contributed by atoms with Crippen molar-refractivity contribution < 1.29 is 22.4 Å². The van der Waals surface area contributed by atoms with Gasteiger partial charge in [0.05, 0.1) is 22.0 Å². The SMILES string of the molecule is CC(C)CNC(=O)[C@H](C)N(Cc1ccc(F)cc1)C(=O)CN(c1cccc(Cl)c1Cl)S(C)(=O)=O. The molecule has 0 fully saturated rings. The molecule has 2 amide bonds. The fourth-order valence-corrected chi connectivity index (χ4v) is 4.40. The maximum Gasteiger partial charge on any atom is 0.244 e. The molecule has 0 bridgehead atoms. The summed E-state index contributed by atoms with van der Waals surface area (Å²) in [4.78, 5) is 27.4. The fourth-order valence-electron chi connectivity index (χ4n) is 3.10. The van der Waals surface area contributed by atoms with Gasteiger partial charge in [-0.1, -0.05) is 55.2 Å². The van der Waals surface area contributed by atoms with Crippen molar-refractivity contribution in [1.82, 2.24) is 10.2 Å². The van der Waals surface area contributed by atoms with Crippen molar-refractivity contribution in [2.24, 2.45) is 5.92 Å². The summed E-state index contributed by atoms with van der Waals surface area (Å²) in [5, 5.41) is 2.89. The minimum atomic E-state index is -3.94. The maximum absolute atomic E-state index is 13.4. The van der Waals surface area contributed by atoms with E-state index in [0.717, 1.165) is 10.6 Å². The molecular weight excluding hydrogens is 504 g/mol. The summed E-state index contributed by atoms with van der Waals surface area (Å²) in [6.07, 6.45) is 0.945. The van der Waals surface area contributed by atoms with Crippen LogP contribution in [0.1, 0.15) is 26.3 Å².